The maximum Gasteiger partial charge on any atom is 0.227 e. The number of hydrogen-bond donors (Lipinski definition) is 1. The molecule has 1 heterocycles. The summed E-state index contributed by atoms with van der Waals surface area (Å²) in [5.74, 6) is 0.361. The summed E-state index contributed by atoms with van der Waals surface area (Å²) < 4.78 is 0. The number of piperidine rings is 1. The van der Waals surface area contributed by atoms with Gasteiger partial charge in [-0.1, -0.05) is 25.4 Å². The molecule has 1 aliphatic heterocycles. The van der Waals surface area contributed by atoms with Gasteiger partial charge in [0.25, 0.3) is 0 Å². The minimum Gasteiger partial charge on any atom is -0.342 e. The molecule has 0 radical (unpaired) electrons. The summed E-state index contributed by atoms with van der Waals surface area (Å²) in [6, 6.07) is 5.45. The van der Waals surface area contributed by atoms with E-state index >= 15 is 0 Å². The maximum absolute atomic E-state index is 12.5. The molecule has 1 N–H and O–H groups in total. The highest BCUT2D eigenvalue weighted by Gasteiger charge is 2.29. The van der Waals surface area contributed by atoms with Crippen LogP contribution in [0.1, 0.15) is 45.1 Å². The van der Waals surface area contributed by atoms with Crippen LogP contribution in [0.3, 0.4) is 0 Å². The predicted octanol–water partition coefficient (Wildman–Crippen LogP) is 4.26. The molecule has 1 aliphatic rings. The smallest absolute Gasteiger partial charge is 0.227 e. The lowest BCUT2D eigenvalue weighted by Gasteiger charge is -2.33. The van der Waals surface area contributed by atoms with E-state index in [1.54, 1.807) is 6.07 Å². The number of nitrogens with zero attached hydrogens (tertiary/aromatic N) is 1. The van der Waals surface area contributed by atoms with Crippen molar-refractivity contribution in [1.82, 2.24) is 4.90 Å². The SMILES string of the molecule is CCC(CC)C(=O)N1CCC(C(=O)Nc2ccc(Cl)cc2C)CC1. The highest BCUT2D eigenvalue weighted by molar-refractivity contribution is 6.30. The number of anilines is 1. The van der Waals surface area contributed by atoms with Crippen LogP contribution in [0.2, 0.25) is 5.02 Å². The molecule has 0 atom stereocenters. The van der Waals surface area contributed by atoms with Gasteiger partial charge >= 0.3 is 0 Å². The van der Waals surface area contributed by atoms with E-state index in [0.717, 1.165) is 36.9 Å². The molecule has 0 bridgehead atoms. The Hall–Kier alpha value is -1.55. The summed E-state index contributed by atoms with van der Waals surface area (Å²) in [6.45, 7) is 7.39. The van der Waals surface area contributed by atoms with Gasteiger partial charge in [-0.15, -0.1) is 0 Å². The number of benzene rings is 1. The van der Waals surface area contributed by atoms with Gasteiger partial charge in [0.15, 0.2) is 0 Å². The molecule has 2 amide bonds. The minimum absolute atomic E-state index is 0.0363. The average Bonchev–Trinajstić information content (AvgIpc) is 2.58. The van der Waals surface area contributed by atoms with E-state index in [4.69, 9.17) is 11.6 Å². The van der Waals surface area contributed by atoms with E-state index in [1.807, 2.05) is 24.0 Å². The Labute approximate surface area is 149 Å². The third-order valence-electron chi connectivity index (χ3n) is 4.96. The van der Waals surface area contributed by atoms with Gasteiger partial charge in [-0.05, 0) is 56.4 Å². The van der Waals surface area contributed by atoms with E-state index < -0.39 is 0 Å². The van der Waals surface area contributed by atoms with Crippen molar-refractivity contribution in [3.63, 3.8) is 0 Å². The molecule has 132 valence electrons. The minimum atomic E-state index is -0.0363. The van der Waals surface area contributed by atoms with Gasteiger partial charge in [0, 0.05) is 35.6 Å². The highest BCUT2D eigenvalue weighted by atomic mass is 35.5. The molecule has 1 aromatic carbocycles. The third kappa shape index (κ3) is 4.50. The Kier molecular flexibility index (Phi) is 6.67. The predicted molar refractivity (Wildman–Crippen MR) is 98.2 cm³/mol. The number of halogens is 1. The molecule has 0 aromatic heterocycles. The average molecular weight is 351 g/mol. The zero-order chi connectivity index (χ0) is 17.7. The van der Waals surface area contributed by atoms with Gasteiger partial charge in [-0.25, -0.2) is 0 Å². The van der Waals surface area contributed by atoms with Gasteiger partial charge in [-0.2, -0.15) is 0 Å². The van der Waals surface area contributed by atoms with Crippen LogP contribution in [-0.4, -0.2) is 29.8 Å². The van der Waals surface area contributed by atoms with Gasteiger partial charge in [0.1, 0.15) is 0 Å². The molecule has 0 unspecified atom stereocenters. The van der Waals surface area contributed by atoms with Gasteiger partial charge in [0.05, 0.1) is 0 Å². The number of hydrogen-bond acceptors (Lipinski definition) is 2. The van der Waals surface area contributed by atoms with Crippen LogP contribution in [-0.2, 0) is 9.59 Å². The Morgan fingerprint density at radius 1 is 1.25 bits per heavy atom. The second kappa shape index (κ2) is 8.52. The van der Waals surface area contributed by atoms with Crippen molar-refractivity contribution in [1.29, 1.82) is 0 Å². The summed E-state index contributed by atoms with van der Waals surface area (Å²) in [5.41, 5.74) is 1.76. The van der Waals surface area contributed by atoms with E-state index in [0.29, 0.717) is 18.1 Å². The fourth-order valence-corrected chi connectivity index (χ4v) is 3.49. The molecule has 1 fully saturated rings. The number of likely N-dealkylation sites (tertiary alicyclic amines) is 1. The van der Waals surface area contributed by atoms with Crippen molar-refractivity contribution >= 4 is 29.1 Å². The first-order valence-corrected chi connectivity index (χ1v) is 9.19. The van der Waals surface area contributed by atoms with Gasteiger partial charge < -0.3 is 10.2 Å². The van der Waals surface area contributed by atoms with Crippen LogP contribution in [0, 0.1) is 18.8 Å². The second-order valence-corrected chi connectivity index (χ2v) is 7.00. The summed E-state index contributed by atoms with van der Waals surface area (Å²) >= 11 is 5.95. The number of aryl methyl sites for hydroxylation is 1. The van der Waals surface area contributed by atoms with Crippen LogP contribution in [0.15, 0.2) is 18.2 Å². The Bertz CT molecular complexity index is 591. The number of amides is 2. The lowest BCUT2D eigenvalue weighted by atomic mass is 9.93. The molecular weight excluding hydrogens is 324 g/mol. The molecule has 2 rings (SSSR count). The lowest BCUT2D eigenvalue weighted by molar-refractivity contribution is -0.138. The fourth-order valence-electron chi connectivity index (χ4n) is 3.26. The molecular formula is C19H27ClN2O2. The maximum atomic E-state index is 12.5. The van der Waals surface area contributed by atoms with Crippen LogP contribution >= 0.6 is 11.6 Å². The van der Waals surface area contributed by atoms with Crippen molar-refractivity contribution < 1.29 is 9.59 Å². The monoisotopic (exact) mass is 350 g/mol. The van der Waals surface area contributed by atoms with Crippen molar-refractivity contribution in [3.05, 3.63) is 28.8 Å². The molecule has 0 aliphatic carbocycles. The Morgan fingerprint density at radius 2 is 1.88 bits per heavy atom. The quantitative estimate of drug-likeness (QED) is 0.862. The molecule has 0 spiro atoms. The summed E-state index contributed by atoms with van der Waals surface area (Å²) in [5, 5.41) is 3.66. The molecule has 24 heavy (non-hydrogen) atoms. The van der Waals surface area contributed by atoms with Crippen molar-refractivity contribution in [2.75, 3.05) is 18.4 Å². The van der Waals surface area contributed by atoms with Crippen molar-refractivity contribution in [2.24, 2.45) is 11.8 Å². The molecule has 5 heteroatoms. The topological polar surface area (TPSA) is 49.4 Å². The van der Waals surface area contributed by atoms with Crippen molar-refractivity contribution in [3.8, 4) is 0 Å². The number of rotatable bonds is 5. The van der Waals surface area contributed by atoms with E-state index in [2.05, 4.69) is 19.2 Å². The van der Waals surface area contributed by atoms with Crippen LogP contribution < -0.4 is 5.32 Å². The number of nitrogens with one attached hydrogen (secondary N) is 1. The van der Waals surface area contributed by atoms with E-state index in [-0.39, 0.29) is 23.7 Å². The molecule has 1 aromatic rings. The van der Waals surface area contributed by atoms with E-state index in [1.165, 1.54) is 0 Å². The van der Waals surface area contributed by atoms with Gasteiger partial charge in [-0.3, -0.25) is 9.59 Å². The highest BCUT2D eigenvalue weighted by Crippen LogP contribution is 2.24. The normalized spacial score (nSPS) is 15.6. The first-order chi connectivity index (χ1) is 11.5. The number of carbonyl (C=O) groups excluding carboxylic acids is 2. The Balaban J connectivity index is 1.89. The summed E-state index contributed by atoms with van der Waals surface area (Å²) in [6.07, 6.45) is 3.21. The third-order valence-corrected chi connectivity index (χ3v) is 5.19. The first-order valence-electron chi connectivity index (χ1n) is 8.82. The molecule has 4 nitrogen and oxygen atoms in total. The van der Waals surface area contributed by atoms with Crippen LogP contribution in [0.4, 0.5) is 5.69 Å². The lowest BCUT2D eigenvalue weighted by Crippen LogP contribution is -2.43. The zero-order valence-corrected chi connectivity index (χ0v) is 15.5. The molecule has 0 saturated carbocycles. The van der Waals surface area contributed by atoms with Gasteiger partial charge in [0.2, 0.25) is 11.8 Å². The summed E-state index contributed by atoms with van der Waals surface area (Å²) in [4.78, 5) is 26.8. The van der Waals surface area contributed by atoms with E-state index in [9.17, 15) is 9.59 Å². The number of carbonyl (C=O) groups is 2. The zero-order valence-electron chi connectivity index (χ0n) is 14.8. The molecule has 1 saturated heterocycles. The fraction of sp³-hybridized carbons (Fsp3) is 0.579. The second-order valence-electron chi connectivity index (χ2n) is 6.56. The first kappa shape index (κ1) is 18.8. The van der Waals surface area contributed by atoms with Crippen LogP contribution in [0.25, 0.3) is 0 Å². The van der Waals surface area contributed by atoms with Crippen molar-refractivity contribution in [2.45, 2.75) is 46.5 Å². The standard InChI is InChI=1S/C19H27ClN2O2/c1-4-14(5-2)19(24)22-10-8-15(9-11-22)18(23)21-17-7-6-16(20)12-13(17)3/h6-7,12,14-15H,4-5,8-11H2,1-3H3,(H,21,23). The summed E-state index contributed by atoms with van der Waals surface area (Å²) in [7, 11) is 0. The van der Waals surface area contributed by atoms with Crippen LogP contribution in [0.5, 0.6) is 0 Å². The largest absolute Gasteiger partial charge is 0.342 e. The Morgan fingerprint density at radius 3 is 2.42 bits per heavy atom.